The molecule has 206 valence electrons. The molecule has 0 saturated heterocycles. The summed E-state index contributed by atoms with van der Waals surface area (Å²) in [5.74, 6) is 9.48. The molecule has 0 spiro atoms. The van der Waals surface area contributed by atoms with Crippen LogP contribution >= 0.6 is 0 Å². The molecule has 1 unspecified atom stereocenters. The van der Waals surface area contributed by atoms with Crippen molar-refractivity contribution in [1.29, 1.82) is 0 Å². The van der Waals surface area contributed by atoms with E-state index in [1.807, 2.05) is 0 Å². The standard InChI is InChI=1S/C31H56O3Si2/c1-12-23-28-24(27(21-19-25(28)29(23)32)34-36(10,11)31(5,6)7)18-20-26(22-16-14-13-15-17-22)33-35(8,9)30(2,3)4/h22-28H,12-17,19,21H2,1-11H3/t23?,24-,25-,26+,27+,28+/m0/s1. The predicted octanol–water partition coefficient (Wildman–Crippen LogP) is 8.60. The lowest BCUT2D eigenvalue weighted by Gasteiger charge is -2.53. The summed E-state index contributed by atoms with van der Waals surface area (Å²) in [4.78, 5) is 12.9. The molecule has 3 aliphatic carbocycles. The van der Waals surface area contributed by atoms with Gasteiger partial charge in [0.05, 0.1) is 6.10 Å². The van der Waals surface area contributed by atoms with Gasteiger partial charge in [0.25, 0.3) is 0 Å². The van der Waals surface area contributed by atoms with E-state index >= 15 is 0 Å². The Labute approximate surface area is 225 Å². The largest absolute Gasteiger partial charge is 0.413 e. The molecule has 0 aromatic carbocycles. The van der Waals surface area contributed by atoms with Gasteiger partial charge in [0.2, 0.25) is 0 Å². The molecule has 3 aliphatic rings. The van der Waals surface area contributed by atoms with Gasteiger partial charge in [-0.05, 0) is 80.2 Å². The fourth-order valence-electron chi connectivity index (χ4n) is 6.13. The van der Waals surface area contributed by atoms with E-state index in [-0.39, 0.29) is 40.0 Å². The van der Waals surface area contributed by atoms with E-state index in [1.165, 1.54) is 32.1 Å². The van der Waals surface area contributed by atoms with Gasteiger partial charge in [-0.1, -0.05) is 79.6 Å². The van der Waals surface area contributed by atoms with Crippen LogP contribution in [0.3, 0.4) is 0 Å². The second-order valence-electron chi connectivity index (χ2n) is 15.1. The first-order valence-corrected chi connectivity index (χ1v) is 20.7. The molecule has 3 saturated carbocycles. The Hall–Kier alpha value is -0.416. The van der Waals surface area contributed by atoms with Gasteiger partial charge < -0.3 is 8.85 Å². The SMILES string of the molecule is CCC1C(=O)[C@H]2CC[C@@H](O[Si](C)(C)C(C)(C)C)[C@H](C#C[C@@H](O[Si](C)(C)C(C)(C)C)C3CCCCC3)[C@@H]12. The van der Waals surface area contributed by atoms with Gasteiger partial charge >= 0.3 is 0 Å². The van der Waals surface area contributed by atoms with Crippen molar-refractivity contribution in [3.8, 4) is 11.8 Å². The first-order chi connectivity index (χ1) is 16.5. The van der Waals surface area contributed by atoms with Gasteiger partial charge in [-0.2, -0.15) is 0 Å². The topological polar surface area (TPSA) is 35.5 Å². The molecule has 3 nitrogen and oxygen atoms in total. The summed E-state index contributed by atoms with van der Waals surface area (Å²) < 4.78 is 14.1. The van der Waals surface area contributed by atoms with E-state index in [0.717, 1.165) is 19.3 Å². The van der Waals surface area contributed by atoms with Crippen molar-refractivity contribution >= 4 is 22.4 Å². The normalized spacial score (nSPS) is 31.2. The number of hydrogen-bond acceptors (Lipinski definition) is 3. The Morgan fingerprint density at radius 3 is 2.00 bits per heavy atom. The fourth-order valence-corrected chi connectivity index (χ4v) is 8.74. The molecule has 0 N–H and O–H groups in total. The van der Waals surface area contributed by atoms with Crippen LogP contribution in [-0.4, -0.2) is 34.6 Å². The zero-order chi connectivity index (χ0) is 27.1. The molecule has 0 aliphatic heterocycles. The molecule has 5 heteroatoms. The predicted molar refractivity (Wildman–Crippen MR) is 157 cm³/mol. The van der Waals surface area contributed by atoms with Gasteiger partial charge in [-0.3, -0.25) is 4.79 Å². The van der Waals surface area contributed by atoms with Crippen molar-refractivity contribution in [3.05, 3.63) is 0 Å². The van der Waals surface area contributed by atoms with Gasteiger partial charge in [0.15, 0.2) is 16.6 Å². The minimum atomic E-state index is -1.95. The van der Waals surface area contributed by atoms with Gasteiger partial charge in [-0.15, -0.1) is 0 Å². The third-order valence-electron chi connectivity index (χ3n) is 10.6. The van der Waals surface area contributed by atoms with Crippen LogP contribution < -0.4 is 0 Å². The number of carbonyl (C=O) groups is 1. The van der Waals surface area contributed by atoms with Crippen LogP contribution in [0.15, 0.2) is 0 Å². The lowest BCUT2D eigenvalue weighted by molar-refractivity contribution is -0.153. The van der Waals surface area contributed by atoms with Crippen LogP contribution in [0.4, 0.5) is 0 Å². The summed E-state index contributed by atoms with van der Waals surface area (Å²) >= 11 is 0. The maximum absolute atomic E-state index is 12.9. The van der Waals surface area contributed by atoms with E-state index in [2.05, 4.69) is 86.5 Å². The second-order valence-corrected chi connectivity index (χ2v) is 24.6. The van der Waals surface area contributed by atoms with Crippen molar-refractivity contribution in [1.82, 2.24) is 0 Å². The smallest absolute Gasteiger partial charge is 0.193 e. The molecule has 3 fully saturated rings. The molecular weight excluding hydrogens is 477 g/mol. The first-order valence-electron chi connectivity index (χ1n) is 14.9. The van der Waals surface area contributed by atoms with Crippen LogP contribution in [0.1, 0.15) is 99.8 Å². The number of ketones is 1. The summed E-state index contributed by atoms with van der Waals surface area (Å²) in [6, 6.07) is 0. The van der Waals surface area contributed by atoms with Crippen LogP contribution in [-0.2, 0) is 13.6 Å². The third-order valence-corrected chi connectivity index (χ3v) is 19.6. The second kappa shape index (κ2) is 11.0. The molecule has 0 aromatic rings. The Kier molecular flexibility index (Phi) is 9.20. The molecule has 3 rings (SSSR count). The van der Waals surface area contributed by atoms with Crippen molar-refractivity contribution in [2.75, 3.05) is 0 Å². The van der Waals surface area contributed by atoms with E-state index in [1.54, 1.807) is 0 Å². The van der Waals surface area contributed by atoms with Gasteiger partial charge in [-0.25, -0.2) is 0 Å². The summed E-state index contributed by atoms with van der Waals surface area (Å²) in [7, 11) is -3.89. The van der Waals surface area contributed by atoms with E-state index in [4.69, 9.17) is 8.85 Å². The summed E-state index contributed by atoms with van der Waals surface area (Å²) in [5, 5.41) is 0.330. The van der Waals surface area contributed by atoms with Gasteiger partial charge in [0.1, 0.15) is 11.9 Å². The molecule has 0 aromatic heterocycles. The highest BCUT2D eigenvalue weighted by Gasteiger charge is 2.57. The fraction of sp³-hybridized carbons (Fsp3) is 0.903. The Morgan fingerprint density at radius 1 is 0.889 bits per heavy atom. The third kappa shape index (κ3) is 6.24. The summed E-state index contributed by atoms with van der Waals surface area (Å²) in [5.41, 5.74) is 0. The monoisotopic (exact) mass is 532 g/mol. The van der Waals surface area contributed by atoms with Crippen LogP contribution in [0.25, 0.3) is 0 Å². The Morgan fingerprint density at radius 2 is 1.47 bits per heavy atom. The Bertz CT molecular complexity index is 825. The van der Waals surface area contributed by atoms with Crippen LogP contribution in [0.2, 0.25) is 36.3 Å². The van der Waals surface area contributed by atoms with Gasteiger partial charge in [0, 0.05) is 17.8 Å². The molecule has 0 amide bonds. The molecule has 0 heterocycles. The average molecular weight is 533 g/mol. The number of hydrogen-bond donors (Lipinski definition) is 0. The minimum absolute atomic E-state index is 0.0101. The van der Waals surface area contributed by atoms with Crippen molar-refractivity contribution in [2.24, 2.45) is 29.6 Å². The zero-order valence-electron chi connectivity index (χ0n) is 25.4. The maximum atomic E-state index is 12.9. The first kappa shape index (κ1) is 30.1. The molecular formula is C31H56O3Si2. The molecule has 6 atom stereocenters. The Balaban J connectivity index is 1.95. The highest BCUT2D eigenvalue weighted by molar-refractivity contribution is 6.74. The van der Waals surface area contributed by atoms with E-state index in [9.17, 15) is 4.79 Å². The summed E-state index contributed by atoms with van der Waals surface area (Å²) in [6.45, 7) is 25.5. The number of Topliss-reactive ketones (excluding diaryl/α,β-unsaturated/α-hetero) is 1. The molecule has 0 bridgehead atoms. The average Bonchev–Trinajstić information content (AvgIpc) is 2.76. The lowest BCUT2D eigenvalue weighted by atomic mass is 9.52. The van der Waals surface area contributed by atoms with Crippen LogP contribution in [0.5, 0.6) is 0 Å². The van der Waals surface area contributed by atoms with Crippen LogP contribution in [0, 0.1) is 41.4 Å². The van der Waals surface area contributed by atoms with Crippen molar-refractivity contribution in [2.45, 2.75) is 148 Å². The minimum Gasteiger partial charge on any atom is -0.413 e. The number of fused-ring (bicyclic) bond motifs is 1. The lowest BCUT2D eigenvalue weighted by Crippen LogP contribution is -2.58. The van der Waals surface area contributed by atoms with E-state index in [0.29, 0.717) is 17.6 Å². The quantitative estimate of drug-likeness (QED) is 0.254. The molecule has 36 heavy (non-hydrogen) atoms. The summed E-state index contributed by atoms with van der Waals surface area (Å²) in [6.07, 6.45) is 9.40. The number of rotatable bonds is 6. The molecule has 0 radical (unpaired) electrons. The highest BCUT2D eigenvalue weighted by Crippen LogP contribution is 2.53. The number of carbonyl (C=O) groups excluding carboxylic acids is 1. The van der Waals surface area contributed by atoms with E-state index < -0.39 is 16.6 Å². The zero-order valence-corrected chi connectivity index (χ0v) is 27.4. The van der Waals surface area contributed by atoms with Crippen molar-refractivity contribution in [3.63, 3.8) is 0 Å². The highest BCUT2D eigenvalue weighted by atomic mass is 28.4. The van der Waals surface area contributed by atoms with Crippen molar-refractivity contribution < 1.29 is 13.6 Å². The maximum Gasteiger partial charge on any atom is 0.193 e.